The van der Waals surface area contributed by atoms with E-state index in [1.165, 1.54) is 23.5 Å². The van der Waals surface area contributed by atoms with Crippen LogP contribution in [-0.4, -0.2) is 24.3 Å². The van der Waals surface area contributed by atoms with Crippen molar-refractivity contribution in [1.82, 2.24) is 14.7 Å². The largest absolute Gasteiger partial charge is 0.283 e. The number of hydrogen-bond acceptors (Lipinski definition) is 5. The Morgan fingerprint density at radius 3 is 2.88 bits per heavy atom. The summed E-state index contributed by atoms with van der Waals surface area (Å²) in [6.07, 6.45) is 7.47. The normalized spacial score (nSPS) is 25.1. The standard InChI is InChI=1S/C17H17N3O3S/c21-16(20-24(22,23)15-11-18-8-9-19-15)14-10-17(14)7-3-5-12-4-1-2-6-13(12)17/h1-2,4,6,8-9,11,14H,3,5,7,10H2,(H,20,21)/t14-,17+/m0/s1. The molecular formula is C17H17N3O3S. The van der Waals surface area contributed by atoms with Gasteiger partial charge in [-0.25, -0.2) is 9.71 Å². The second-order valence-corrected chi connectivity index (χ2v) is 8.07. The Bertz CT molecular complexity index is 898. The molecule has 0 saturated heterocycles. The number of aromatic nitrogens is 2. The van der Waals surface area contributed by atoms with Crippen molar-refractivity contribution in [2.45, 2.75) is 36.1 Å². The van der Waals surface area contributed by atoms with Crippen LogP contribution in [0.1, 0.15) is 30.4 Å². The fourth-order valence-corrected chi connectivity index (χ4v) is 4.77. The second-order valence-electron chi connectivity index (χ2n) is 6.44. The van der Waals surface area contributed by atoms with Crippen LogP contribution in [0.15, 0.2) is 47.9 Å². The van der Waals surface area contributed by atoms with Gasteiger partial charge in [0, 0.05) is 23.7 Å². The molecule has 1 fully saturated rings. The second kappa shape index (κ2) is 5.37. The lowest BCUT2D eigenvalue weighted by molar-refractivity contribution is -0.121. The zero-order valence-electron chi connectivity index (χ0n) is 13.0. The molecule has 2 aliphatic carbocycles. The van der Waals surface area contributed by atoms with E-state index in [0.717, 1.165) is 25.5 Å². The molecule has 6 nitrogen and oxygen atoms in total. The number of rotatable bonds is 3. The van der Waals surface area contributed by atoms with Crippen LogP contribution in [0.4, 0.5) is 0 Å². The van der Waals surface area contributed by atoms with Crippen LogP contribution in [0.25, 0.3) is 0 Å². The molecule has 0 unspecified atom stereocenters. The number of carbonyl (C=O) groups excluding carboxylic acids is 1. The van der Waals surface area contributed by atoms with Gasteiger partial charge in [-0.05, 0) is 36.8 Å². The molecule has 1 aromatic heterocycles. The highest BCUT2D eigenvalue weighted by molar-refractivity contribution is 7.90. The van der Waals surface area contributed by atoms with Crippen molar-refractivity contribution in [3.05, 3.63) is 54.0 Å². The summed E-state index contributed by atoms with van der Waals surface area (Å²) in [6.45, 7) is 0. The molecule has 0 bridgehead atoms. The first-order valence-electron chi connectivity index (χ1n) is 7.94. The van der Waals surface area contributed by atoms with Crippen molar-refractivity contribution >= 4 is 15.9 Å². The lowest BCUT2D eigenvalue weighted by Crippen LogP contribution is -2.35. The van der Waals surface area contributed by atoms with Gasteiger partial charge in [0.2, 0.25) is 5.91 Å². The van der Waals surface area contributed by atoms with E-state index < -0.39 is 15.9 Å². The Morgan fingerprint density at radius 2 is 2.08 bits per heavy atom. The fraction of sp³-hybridized carbons (Fsp3) is 0.353. The number of benzene rings is 1. The molecular weight excluding hydrogens is 326 g/mol. The number of nitrogens with one attached hydrogen (secondary N) is 1. The van der Waals surface area contributed by atoms with Gasteiger partial charge in [-0.15, -0.1) is 0 Å². The Balaban J connectivity index is 1.56. The zero-order valence-corrected chi connectivity index (χ0v) is 13.8. The summed E-state index contributed by atoms with van der Waals surface area (Å²) in [5.74, 6) is -0.747. The van der Waals surface area contributed by atoms with E-state index in [2.05, 4.69) is 26.8 Å². The number of hydrogen-bond donors (Lipinski definition) is 1. The number of sulfonamides is 1. The summed E-state index contributed by atoms with van der Waals surface area (Å²) in [7, 11) is -3.97. The van der Waals surface area contributed by atoms with Gasteiger partial charge in [-0.1, -0.05) is 24.3 Å². The van der Waals surface area contributed by atoms with Gasteiger partial charge in [0.25, 0.3) is 10.0 Å². The van der Waals surface area contributed by atoms with Crippen LogP contribution in [0.5, 0.6) is 0 Å². The molecule has 1 saturated carbocycles. The molecule has 0 aliphatic heterocycles. The fourth-order valence-electron chi connectivity index (χ4n) is 3.86. The average molecular weight is 343 g/mol. The van der Waals surface area contributed by atoms with E-state index in [9.17, 15) is 13.2 Å². The first kappa shape index (κ1) is 15.3. The zero-order chi connectivity index (χ0) is 16.8. The maximum atomic E-state index is 12.5. The summed E-state index contributed by atoms with van der Waals surface area (Å²) in [5, 5.41) is -0.239. The van der Waals surface area contributed by atoms with Crippen LogP contribution in [0.3, 0.4) is 0 Å². The lowest BCUT2D eigenvalue weighted by Gasteiger charge is -2.26. The SMILES string of the molecule is O=C(NS(=O)(=O)c1cnccn1)[C@@H]1C[C@@]12CCCc1ccccc12. The predicted octanol–water partition coefficient (Wildman–Crippen LogP) is 1.58. The van der Waals surface area contributed by atoms with E-state index >= 15 is 0 Å². The van der Waals surface area contributed by atoms with Crippen LogP contribution in [-0.2, 0) is 26.7 Å². The van der Waals surface area contributed by atoms with Gasteiger partial charge in [-0.2, -0.15) is 8.42 Å². The van der Waals surface area contributed by atoms with E-state index in [1.807, 2.05) is 12.1 Å². The minimum atomic E-state index is -3.97. The van der Waals surface area contributed by atoms with Crippen molar-refractivity contribution in [3.8, 4) is 0 Å². The molecule has 1 amide bonds. The Morgan fingerprint density at radius 1 is 1.25 bits per heavy atom. The highest BCUT2D eigenvalue weighted by Gasteiger charge is 2.60. The van der Waals surface area contributed by atoms with Gasteiger partial charge in [0.1, 0.15) is 0 Å². The smallest absolute Gasteiger partial charge is 0.274 e. The van der Waals surface area contributed by atoms with Crippen molar-refractivity contribution < 1.29 is 13.2 Å². The molecule has 0 radical (unpaired) electrons. The van der Waals surface area contributed by atoms with E-state index in [1.54, 1.807) is 0 Å². The third kappa shape index (κ3) is 2.39. The van der Waals surface area contributed by atoms with Crippen LogP contribution >= 0.6 is 0 Å². The first-order chi connectivity index (χ1) is 11.5. The number of fused-ring (bicyclic) bond motifs is 2. The van der Waals surface area contributed by atoms with Gasteiger partial charge >= 0.3 is 0 Å². The van der Waals surface area contributed by atoms with Gasteiger partial charge < -0.3 is 0 Å². The van der Waals surface area contributed by atoms with Crippen molar-refractivity contribution in [3.63, 3.8) is 0 Å². The van der Waals surface area contributed by atoms with Crippen LogP contribution in [0.2, 0.25) is 0 Å². The van der Waals surface area contributed by atoms with Gasteiger partial charge in [-0.3, -0.25) is 9.78 Å². The van der Waals surface area contributed by atoms with Crippen molar-refractivity contribution in [2.24, 2.45) is 5.92 Å². The molecule has 1 heterocycles. The highest BCUT2D eigenvalue weighted by atomic mass is 32.2. The Labute approximate surface area is 140 Å². The summed E-state index contributed by atoms with van der Waals surface area (Å²) in [5.41, 5.74) is 2.28. The lowest BCUT2D eigenvalue weighted by atomic mass is 9.78. The van der Waals surface area contributed by atoms with Crippen molar-refractivity contribution in [2.75, 3.05) is 0 Å². The molecule has 1 N–H and O–H groups in total. The number of nitrogens with zero attached hydrogens (tertiary/aromatic N) is 2. The van der Waals surface area contributed by atoms with Gasteiger partial charge in [0.05, 0.1) is 6.20 Å². The Hall–Kier alpha value is -2.28. The van der Waals surface area contributed by atoms with Crippen LogP contribution in [0, 0.1) is 5.92 Å². The molecule has 24 heavy (non-hydrogen) atoms. The van der Waals surface area contributed by atoms with Gasteiger partial charge in [0.15, 0.2) is 5.03 Å². The van der Waals surface area contributed by atoms with Crippen molar-refractivity contribution in [1.29, 1.82) is 0 Å². The average Bonchev–Trinajstić information content (AvgIpc) is 3.31. The third-order valence-electron chi connectivity index (χ3n) is 5.06. The maximum absolute atomic E-state index is 12.5. The summed E-state index contributed by atoms with van der Waals surface area (Å²) in [6, 6.07) is 8.15. The highest BCUT2D eigenvalue weighted by Crippen LogP contribution is 2.60. The third-order valence-corrected chi connectivity index (χ3v) is 6.30. The molecule has 2 aromatic rings. The molecule has 7 heteroatoms. The molecule has 4 rings (SSSR count). The minimum Gasteiger partial charge on any atom is -0.274 e. The molecule has 1 aromatic carbocycles. The summed E-state index contributed by atoms with van der Waals surface area (Å²) >= 11 is 0. The topological polar surface area (TPSA) is 89.0 Å². The van der Waals surface area contributed by atoms with E-state index in [-0.39, 0.29) is 16.4 Å². The van der Waals surface area contributed by atoms with Crippen LogP contribution < -0.4 is 4.72 Å². The molecule has 2 atom stereocenters. The molecule has 124 valence electrons. The predicted molar refractivity (Wildman–Crippen MR) is 86.5 cm³/mol. The molecule has 1 spiro atoms. The summed E-state index contributed by atoms with van der Waals surface area (Å²) < 4.78 is 26.7. The molecule has 2 aliphatic rings. The number of aryl methyl sites for hydroxylation is 1. The minimum absolute atomic E-state index is 0.198. The summed E-state index contributed by atoms with van der Waals surface area (Å²) in [4.78, 5) is 20.0. The number of carbonyl (C=O) groups is 1. The van der Waals surface area contributed by atoms with E-state index in [0.29, 0.717) is 6.42 Å². The number of amides is 1. The monoisotopic (exact) mass is 343 g/mol. The maximum Gasteiger partial charge on any atom is 0.283 e. The first-order valence-corrected chi connectivity index (χ1v) is 9.42. The van der Waals surface area contributed by atoms with E-state index in [4.69, 9.17) is 0 Å². The quantitative estimate of drug-likeness (QED) is 0.914. The Kier molecular flexibility index (Phi) is 3.42.